The normalized spacial score (nSPS) is 9.64. The predicted octanol–water partition coefficient (Wildman–Crippen LogP) is 1.10. The molecule has 11 heavy (non-hydrogen) atoms. The van der Waals surface area contributed by atoms with Crippen molar-refractivity contribution in [2.75, 3.05) is 0 Å². The van der Waals surface area contributed by atoms with Crippen LogP contribution in [0.5, 0.6) is 0 Å². The van der Waals surface area contributed by atoms with Gasteiger partial charge in [0.2, 0.25) is 0 Å². The Balaban J connectivity index is 3.10. The predicted molar refractivity (Wildman–Crippen MR) is 42.0 cm³/mol. The first-order chi connectivity index (χ1) is 5.16. The van der Waals surface area contributed by atoms with Gasteiger partial charge in [0.1, 0.15) is 0 Å². The molecule has 0 saturated heterocycles. The number of nitrogens with zero attached hydrogens (tertiary/aromatic N) is 3. The monoisotopic (exact) mass is 149 g/mol. The van der Waals surface area contributed by atoms with Crippen LogP contribution in [-0.4, -0.2) is 9.78 Å². The van der Waals surface area contributed by atoms with Crippen LogP contribution in [0.1, 0.15) is 17.0 Å². The van der Waals surface area contributed by atoms with E-state index in [0.29, 0.717) is 6.42 Å². The Bertz CT molecular complexity index is 304. The van der Waals surface area contributed by atoms with Crippen LogP contribution in [0, 0.1) is 25.2 Å². The lowest BCUT2D eigenvalue weighted by Crippen LogP contribution is -1.93. The third-order valence-corrected chi connectivity index (χ3v) is 1.98. The molecule has 0 bridgehead atoms. The average Bonchev–Trinajstić information content (AvgIpc) is 2.19. The quantitative estimate of drug-likeness (QED) is 0.600. The van der Waals surface area contributed by atoms with E-state index in [1.54, 1.807) is 0 Å². The molecular formula is C8H11N3. The third-order valence-electron chi connectivity index (χ3n) is 1.98. The first-order valence-corrected chi connectivity index (χ1v) is 3.53. The molecule has 3 nitrogen and oxygen atoms in total. The summed E-state index contributed by atoms with van der Waals surface area (Å²) >= 11 is 0. The molecule has 0 N–H and O–H groups in total. The highest BCUT2D eigenvalue weighted by molar-refractivity contribution is 5.25. The highest BCUT2D eigenvalue weighted by Gasteiger charge is 2.06. The van der Waals surface area contributed by atoms with E-state index in [1.165, 1.54) is 0 Å². The number of rotatable bonds is 1. The van der Waals surface area contributed by atoms with Crippen molar-refractivity contribution in [1.82, 2.24) is 9.78 Å². The van der Waals surface area contributed by atoms with Gasteiger partial charge in [0.05, 0.1) is 18.2 Å². The van der Waals surface area contributed by atoms with E-state index < -0.39 is 0 Å². The van der Waals surface area contributed by atoms with Crippen LogP contribution in [0.4, 0.5) is 0 Å². The average molecular weight is 149 g/mol. The molecule has 0 aliphatic carbocycles. The molecule has 0 aromatic carbocycles. The molecule has 0 radical (unpaired) electrons. The summed E-state index contributed by atoms with van der Waals surface area (Å²) in [6.45, 7) is 4.00. The minimum Gasteiger partial charge on any atom is -0.272 e. The Morgan fingerprint density at radius 2 is 2.18 bits per heavy atom. The van der Waals surface area contributed by atoms with Crippen LogP contribution in [-0.2, 0) is 13.5 Å². The Labute approximate surface area is 66.3 Å². The van der Waals surface area contributed by atoms with Crippen LogP contribution in [0.25, 0.3) is 0 Å². The van der Waals surface area contributed by atoms with Gasteiger partial charge in [0, 0.05) is 12.7 Å². The van der Waals surface area contributed by atoms with E-state index in [9.17, 15) is 0 Å². The van der Waals surface area contributed by atoms with Crippen molar-refractivity contribution < 1.29 is 0 Å². The van der Waals surface area contributed by atoms with Crippen LogP contribution < -0.4 is 0 Å². The standard InChI is InChI=1S/C8H11N3/c1-6-7(2)11(3)10-8(6)4-5-9/h4H2,1-3H3. The van der Waals surface area contributed by atoms with Crippen molar-refractivity contribution in [2.24, 2.45) is 7.05 Å². The molecule has 0 spiro atoms. The summed E-state index contributed by atoms with van der Waals surface area (Å²) < 4.78 is 1.81. The number of hydrogen-bond donors (Lipinski definition) is 0. The fourth-order valence-electron chi connectivity index (χ4n) is 1.03. The maximum Gasteiger partial charge on any atom is 0.0796 e. The molecule has 0 saturated carbocycles. The second-order valence-electron chi connectivity index (χ2n) is 2.62. The van der Waals surface area contributed by atoms with Gasteiger partial charge in [0.15, 0.2) is 0 Å². The number of nitriles is 1. The van der Waals surface area contributed by atoms with E-state index in [4.69, 9.17) is 5.26 Å². The molecule has 3 heteroatoms. The second-order valence-corrected chi connectivity index (χ2v) is 2.62. The van der Waals surface area contributed by atoms with E-state index in [0.717, 1.165) is 17.0 Å². The molecule has 1 aromatic heterocycles. The minimum absolute atomic E-state index is 0.410. The van der Waals surface area contributed by atoms with Crippen molar-refractivity contribution in [3.05, 3.63) is 17.0 Å². The molecule has 0 amide bonds. The molecule has 0 aliphatic heterocycles. The number of hydrogen-bond acceptors (Lipinski definition) is 2. The zero-order valence-electron chi connectivity index (χ0n) is 7.05. The molecule has 1 rings (SSSR count). The van der Waals surface area contributed by atoms with E-state index in [2.05, 4.69) is 11.2 Å². The molecule has 1 aromatic rings. The van der Waals surface area contributed by atoms with Crippen molar-refractivity contribution in [3.63, 3.8) is 0 Å². The zero-order chi connectivity index (χ0) is 8.43. The number of aryl methyl sites for hydroxylation is 1. The van der Waals surface area contributed by atoms with Gasteiger partial charge in [-0.25, -0.2) is 0 Å². The molecule has 0 atom stereocenters. The van der Waals surface area contributed by atoms with Crippen LogP contribution in [0.2, 0.25) is 0 Å². The number of aromatic nitrogens is 2. The summed E-state index contributed by atoms with van der Waals surface area (Å²) in [5, 5.41) is 12.6. The highest BCUT2D eigenvalue weighted by Crippen LogP contribution is 2.10. The summed E-state index contributed by atoms with van der Waals surface area (Å²) in [5.74, 6) is 0. The van der Waals surface area contributed by atoms with Crippen LogP contribution in [0.3, 0.4) is 0 Å². The SMILES string of the molecule is Cc1c(CC#N)nn(C)c1C. The highest BCUT2D eigenvalue weighted by atomic mass is 15.3. The van der Waals surface area contributed by atoms with Crippen molar-refractivity contribution in [2.45, 2.75) is 20.3 Å². The van der Waals surface area contributed by atoms with Crippen LogP contribution in [0.15, 0.2) is 0 Å². The van der Waals surface area contributed by atoms with Gasteiger partial charge in [-0.3, -0.25) is 4.68 Å². The first kappa shape index (κ1) is 7.80. The molecular weight excluding hydrogens is 138 g/mol. The van der Waals surface area contributed by atoms with Gasteiger partial charge in [-0.2, -0.15) is 10.4 Å². The Hall–Kier alpha value is -1.30. The van der Waals surface area contributed by atoms with Gasteiger partial charge in [0.25, 0.3) is 0 Å². The lowest BCUT2D eigenvalue weighted by Gasteiger charge is -1.91. The van der Waals surface area contributed by atoms with E-state index in [1.807, 2.05) is 25.6 Å². The van der Waals surface area contributed by atoms with E-state index >= 15 is 0 Å². The summed E-state index contributed by atoms with van der Waals surface area (Å²) in [6.07, 6.45) is 0.410. The van der Waals surface area contributed by atoms with Crippen molar-refractivity contribution in [1.29, 1.82) is 5.26 Å². The smallest absolute Gasteiger partial charge is 0.0796 e. The molecule has 1 heterocycles. The van der Waals surface area contributed by atoms with Gasteiger partial charge in [-0.1, -0.05) is 0 Å². The molecule has 58 valence electrons. The summed E-state index contributed by atoms with van der Waals surface area (Å²) in [5.41, 5.74) is 3.16. The van der Waals surface area contributed by atoms with E-state index in [-0.39, 0.29) is 0 Å². The minimum atomic E-state index is 0.410. The Morgan fingerprint density at radius 1 is 1.55 bits per heavy atom. The summed E-state index contributed by atoms with van der Waals surface area (Å²) in [4.78, 5) is 0. The van der Waals surface area contributed by atoms with Gasteiger partial charge in [-0.15, -0.1) is 0 Å². The Morgan fingerprint density at radius 3 is 2.55 bits per heavy atom. The summed E-state index contributed by atoms with van der Waals surface area (Å²) in [6, 6.07) is 2.09. The van der Waals surface area contributed by atoms with Gasteiger partial charge in [-0.05, 0) is 19.4 Å². The first-order valence-electron chi connectivity index (χ1n) is 3.53. The van der Waals surface area contributed by atoms with Crippen molar-refractivity contribution in [3.8, 4) is 6.07 Å². The van der Waals surface area contributed by atoms with Gasteiger partial charge >= 0.3 is 0 Å². The third kappa shape index (κ3) is 1.25. The fraction of sp³-hybridized carbons (Fsp3) is 0.500. The second kappa shape index (κ2) is 2.75. The fourth-order valence-corrected chi connectivity index (χ4v) is 1.03. The zero-order valence-corrected chi connectivity index (χ0v) is 7.05. The topological polar surface area (TPSA) is 41.6 Å². The Kier molecular flexibility index (Phi) is 1.95. The maximum absolute atomic E-state index is 8.45. The molecule has 0 aliphatic rings. The lowest BCUT2D eigenvalue weighted by atomic mass is 10.2. The van der Waals surface area contributed by atoms with Crippen LogP contribution >= 0.6 is 0 Å². The summed E-state index contributed by atoms with van der Waals surface area (Å²) in [7, 11) is 1.89. The van der Waals surface area contributed by atoms with Gasteiger partial charge < -0.3 is 0 Å². The lowest BCUT2D eigenvalue weighted by molar-refractivity contribution is 0.727. The molecule has 0 unspecified atom stereocenters. The van der Waals surface area contributed by atoms with Crippen molar-refractivity contribution >= 4 is 0 Å². The molecule has 0 fully saturated rings. The maximum atomic E-state index is 8.45. The largest absolute Gasteiger partial charge is 0.272 e.